The van der Waals surface area contributed by atoms with E-state index >= 15 is 0 Å². The fourth-order valence-electron chi connectivity index (χ4n) is 3.34. The lowest BCUT2D eigenvalue weighted by atomic mass is 10.1. The van der Waals surface area contributed by atoms with E-state index in [9.17, 15) is 4.79 Å². The van der Waals surface area contributed by atoms with Crippen molar-refractivity contribution in [1.82, 2.24) is 4.98 Å². The van der Waals surface area contributed by atoms with Crippen LogP contribution in [0.25, 0.3) is 17.0 Å². The molecule has 0 saturated heterocycles. The van der Waals surface area contributed by atoms with Gasteiger partial charge in [0.25, 0.3) is 5.91 Å². The van der Waals surface area contributed by atoms with E-state index < -0.39 is 0 Å². The summed E-state index contributed by atoms with van der Waals surface area (Å²) in [5.41, 5.74) is 3.72. The fraction of sp³-hybridized carbons (Fsp3) is 0. The van der Waals surface area contributed by atoms with E-state index in [0.29, 0.717) is 10.1 Å². The van der Waals surface area contributed by atoms with Crippen LogP contribution >= 0.6 is 11.8 Å². The van der Waals surface area contributed by atoms with Crippen molar-refractivity contribution in [2.75, 3.05) is 4.90 Å². The van der Waals surface area contributed by atoms with Gasteiger partial charge in [-0.15, -0.1) is 0 Å². The highest BCUT2D eigenvalue weighted by Gasteiger charge is 2.28. The summed E-state index contributed by atoms with van der Waals surface area (Å²) in [6, 6.07) is 29.9. The summed E-state index contributed by atoms with van der Waals surface area (Å²) in [4.78, 5) is 24.1. The third-order valence-corrected chi connectivity index (χ3v) is 5.71. The molecule has 1 aromatic heterocycles. The maximum Gasteiger partial charge on any atom is 0.286 e. The summed E-state index contributed by atoms with van der Waals surface area (Å²) in [5.74, 6) is -0.236. The third kappa shape index (κ3) is 3.63. The van der Waals surface area contributed by atoms with Gasteiger partial charge in [-0.3, -0.25) is 14.7 Å². The number of carbonyl (C=O) groups excluding carboxylic acids is 1. The molecule has 0 spiro atoms. The lowest BCUT2D eigenvalue weighted by Crippen LogP contribution is -2.21. The number of carbonyl (C=O) groups is 1. The number of nitrogens with zero attached hydrogens (tertiary/aromatic N) is 3. The minimum Gasteiger partial charge on any atom is -0.289 e. The van der Waals surface area contributed by atoms with Gasteiger partial charge in [0, 0.05) is 23.0 Å². The SMILES string of the molecule is O=C1N=C(N(c2ccccc2)c2ccccc2)S/C1=C/c1cnc2ccccc2c1. The van der Waals surface area contributed by atoms with E-state index in [2.05, 4.69) is 9.98 Å². The molecular formula is C25H17N3OS. The molecule has 0 N–H and O–H groups in total. The first-order chi connectivity index (χ1) is 14.8. The quantitative estimate of drug-likeness (QED) is 0.388. The number of fused-ring (bicyclic) bond motifs is 1. The van der Waals surface area contributed by atoms with Crippen molar-refractivity contribution in [2.45, 2.75) is 0 Å². The second kappa shape index (κ2) is 7.97. The first-order valence-corrected chi connectivity index (χ1v) is 10.4. The van der Waals surface area contributed by atoms with Gasteiger partial charge in [-0.05, 0) is 59.8 Å². The number of benzene rings is 3. The minimum absolute atomic E-state index is 0.236. The van der Waals surface area contributed by atoms with Gasteiger partial charge in [0.05, 0.1) is 10.4 Å². The van der Waals surface area contributed by atoms with Crippen molar-refractivity contribution in [2.24, 2.45) is 4.99 Å². The van der Waals surface area contributed by atoms with E-state index in [4.69, 9.17) is 0 Å². The molecule has 1 amide bonds. The number of aromatic nitrogens is 1. The van der Waals surface area contributed by atoms with E-state index in [-0.39, 0.29) is 5.91 Å². The maximum absolute atomic E-state index is 12.7. The molecule has 1 aliphatic heterocycles. The molecule has 4 nitrogen and oxygen atoms in total. The van der Waals surface area contributed by atoms with Gasteiger partial charge in [-0.1, -0.05) is 54.6 Å². The molecule has 4 aromatic rings. The second-order valence-corrected chi connectivity index (χ2v) is 7.79. The highest BCUT2D eigenvalue weighted by molar-refractivity contribution is 8.18. The molecule has 5 heteroatoms. The molecule has 1 aliphatic rings. The van der Waals surface area contributed by atoms with Crippen LogP contribution < -0.4 is 4.90 Å². The second-order valence-electron chi connectivity index (χ2n) is 6.78. The average molecular weight is 407 g/mol. The Hall–Kier alpha value is -3.70. The van der Waals surface area contributed by atoms with Gasteiger partial charge < -0.3 is 0 Å². The monoisotopic (exact) mass is 407 g/mol. The molecule has 0 saturated carbocycles. The number of amidine groups is 1. The van der Waals surface area contributed by atoms with Gasteiger partial charge in [-0.25, -0.2) is 0 Å². The Morgan fingerprint density at radius 1 is 0.800 bits per heavy atom. The lowest BCUT2D eigenvalue weighted by molar-refractivity contribution is -0.113. The topological polar surface area (TPSA) is 45.6 Å². The first-order valence-electron chi connectivity index (χ1n) is 9.55. The minimum atomic E-state index is -0.236. The molecule has 0 unspecified atom stereocenters. The first kappa shape index (κ1) is 18.3. The number of anilines is 2. The van der Waals surface area contributed by atoms with E-state index in [0.717, 1.165) is 27.8 Å². The average Bonchev–Trinajstić information content (AvgIpc) is 3.15. The largest absolute Gasteiger partial charge is 0.289 e. The summed E-state index contributed by atoms with van der Waals surface area (Å²) < 4.78 is 0. The molecular weight excluding hydrogens is 390 g/mol. The number of hydrogen-bond donors (Lipinski definition) is 0. The van der Waals surface area contributed by atoms with Crippen molar-refractivity contribution in [3.8, 4) is 0 Å². The Bertz CT molecular complexity index is 1240. The molecule has 5 rings (SSSR count). The molecule has 0 bridgehead atoms. The zero-order chi connectivity index (χ0) is 20.3. The smallest absolute Gasteiger partial charge is 0.286 e. The zero-order valence-corrected chi connectivity index (χ0v) is 16.8. The molecule has 0 fully saturated rings. The van der Waals surface area contributed by atoms with Crippen LogP contribution in [-0.2, 0) is 4.79 Å². The Labute approximate surface area is 178 Å². The third-order valence-electron chi connectivity index (χ3n) is 4.74. The summed E-state index contributed by atoms with van der Waals surface area (Å²) >= 11 is 1.38. The summed E-state index contributed by atoms with van der Waals surface area (Å²) in [6.45, 7) is 0. The normalized spacial score (nSPS) is 14.9. The standard InChI is InChI=1S/C25H17N3OS/c29-24-23(16-18-15-19-9-7-8-14-22(19)26-17-18)30-25(27-24)28(20-10-3-1-4-11-20)21-12-5-2-6-13-21/h1-17H/b23-16+. The Morgan fingerprint density at radius 3 is 2.13 bits per heavy atom. The molecule has 0 radical (unpaired) electrons. The van der Waals surface area contributed by atoms with Gasteiger partial charge in [-0.2, -0.15) is 4.99 Å². The number of amides is 1. The van der Waals surface area contributed by atoms with Gasteiger partial charge in [0.15, 0.2) is 5.17 Å². The number of para-hydroxylation sites is 3. The number of thioether (sulfide) groups is 1. The van der Waals surface area contributed by atoms with Crippen LogP contribution in [0.4, 0.5) is 11.4 Å². The van der Waals surface area contributed by atoms with Crippen molar-refractivity contribution < 1.29 is 4.79 Å². The predicted octanol–water partition coefficient (Wildman–Crippen LogP) is 6.04. The van der Waals surface area contributed by atoms with Crippen LogP contribution in [0.1, 0.15) is 5.56 Å². The van der Waals surface area contributed by atoms with Crippen LogP contribution in [0.5, 0.6) is 0 Å². The predicted molar refractivity (Wildman–Crippen MR) is 125 cm³/mol. The highest BCUT2D eigenvalue weighted by atomic mass is 32.2. The van der Waals surface area contributed by atoms with Crippen LogP contribution in [0, 0.1) is 0 Å². The Kier molecular flexibility index (Phi) is 4.87. The molecule has 144 valence electrons. The van der Waals surface area contributed by atoms with Gasteiger partial charge in [0.1, 0.15) is 0 Å². The van der Waals surface area contributed by atoms with Crippen molar-refractivity contribution >= 4 is 51.2 Å². The molecule has 0 aliphatic carbocycles. The zero-order valence-electron chi connectivity index (χ0n) is 16.0. The van der Waals surface area contributed by atoms with Crippen molar-refractivity contribution in [3.05, 3.63) is 108 Å². The summed E-state index contributed by atoms with van der Waals surface area (Å²) in [6.07, 6.45) is 3.64. The van der Waals surface area contributed by atoms with E-state index in [1.54, 1.807) is 6.20 Å². The Morgan fingerprint density at radius 2 is 1.43 bits per heavy atom. The molecule has 3 aromatic carbocycles. The number of hydrogen-bond acceptors (Lipinski definition) is 4. The Balaban J connectivity index is 1.50. The van der Waals surface area contributed by atoms with E-state index in [1.807, 2.05) is 102 Å². The van der Waals surface area contributed by atoms with Crippen molar-refractivity contribution in [1.29, 1.82) is 0 Å². The molecule has 0 atom stereocenters. The molecule has 2 heterocycles. The lowest BCUT2D eigenvalue weighted by Gasteiger charge is -2.23. The van der Waals surface area contributed by atoms with Crippen molar-refractivity contribution in [3.63, 3.8) is 0 Å². The summed E-state index contributed by atoms with van der Waals surface area (Å²) in [5, 5.41) is 1.68. The molecule has 30 heavy (non-hydrogen) atoms. The van der Waals surface area contributed by atoms with Crippen LogP contribution in [0.2, 0.25) is 0 Å². The fourth-order valence-corrected chi connectivity index (χ4v) is 4.29. The highest BCUT2D eigenvalue weighted by Crippen LogP contribution is 2.36. The van der Waals surface area contributed by atoms with Gasteiger partial charge >= 0.3 is 0 Å². The summed E-state index contributed by atoms with van der Waals surface area (Å²) in [7, 11) is 0. The number of pyridine rings is 1. The van der Waals surface area contributed by atoms with Gasteiger partial charge in [0.2, 0.25) is 0 Å². The number of aliphatic imine (C=N–C) groups is 1. The van der Waals surface area contributed by atoms with Crippen LogP contribution in [-0.4, -0.2) is 16.1 Å². The van der Waals surface area contributed by atoms with Crippen LogP contribution in [0.15, 0.2) is 107 Å². The van der Waals surface area contributed by atoms with E-state index in [1.165, 1.54) is 11.8 Å². The maximum atomic E-state index is 12.7. The van der Waals surface area contributed by atoms with Crippen LogP contribution in [0.3, 0.4) is 0 Å². The number of rotatable bonds is 3.